The van der Waals surface area contributed by atoms with Crippen LogP contribution >= 0.6 is 36.2 Å². The SMILES string of the molecule is Cc1nnc(NC(=O)c2cccc(C3CC3N)c2)s1.Cl.Cl. The molecule has 5 nitrogen and oxygen atoms in total. The molecule has 1 amide bonds. The summed E-state index contributed by atoms with van der Waals surface area (Å²) in [7, 11) is 0. The lowest BCUT2D eigenvalue weighted by molar-refractivity contribution is 0.102. The Hall–Kier alpha value is -1.21. The average Bonchev–Trinajstić information content (AvgIpc) is 3.00. The zero-order valence-corrected chi connectivity index (χ0v) is 13.7. The molecular weight excluding hydrogens is 331 g/mol. The molecule has 114 valence electrons. The van der Waals surface area contributed by atoms with Crippen LogP contribution in [0.15, 0.2) is 24.3 Å². The summed E-state index contributed by atoms with van der Waals surface area (Å²) in [6.45, 7) is 1.85. The van der Waals surface area contributed by atoms with Crippen LogP contribution in [0.5, 0.6) is 0 Å². The molecule has 1 heterocycles. The molecule has 3 N–H and O–H groups in total. The van der Waals surface area contributed by atoms with E-state index in [1.165, 1.54) is 11.3 Å². The van der Waals surface area contributed by atoms with E-state index in [2.05, 4.69) is 15.5 Å². The lowest BCUT2D eigenvalue weighted by atomic mass is 10.1. The van der Waals surface area contributed by atoms with Crippen molar-refractivity contribution in [3.63, 3.8) is 0 Å². The third-order valence-electron chi connectivity index (χ3n) is 3.16. The first kappa shape index (κ1) is 17.8. The Balaban J connectivity index is 0.00000110. The number of benzene rings is 1. The fraction of sp³-hybridized carbons (Fsp3) is 0.308. The van der Waals surface area contributed by atoms with Crippen LogP contribution in [0.4, 0.5) is 5.13 Å². The summed E-state index contributed by atoms with van der Waals surface area (Å²) in [6.07, 6.45) is 1.00. The van der Waals surface area contributed by atoms with Crippen LogP contribution in [-0.4, -0.2) is 22.1 Å². The Bertz CT molecular complexity index is 634. The van der Waals surface area contributed by atoms with E-state index in [1.54, 1.807) is 6.07 Å². The van der Waals surface area contributed by atoms with E-state index in [0.717, 1.165) is 17.0 Å². The topological polar surface area (TPSA) is 80.9 Å². The van der Waals surface area contributed by atoms with Gasteiger partial charge in [-0.25, -0.2) is 0 Å². The molecule has 1 fully saturated rings. The van der Waals surface area contributed by atoms with Crippen LogP contribution < -0.4 is 11.1 Å². The van der Waals surface area contributed by atoms with Gasteiger partial charge in [0.1, 0.15) is 5.01 Å². The van der Waals surface area contributed by atoms with Crippen molar-refractivity contribution < 1.29 is 4.79 Å². The highest BCUT2D eigenvalue weighted by Crippen LogP contribution is 2.39. The highest BCUT2D eigenvalue weighted by atomic mass is 35.5. The molecule has 2 aromatic rings. The summed E-state index contributed by atoms with van der Waals surface area (Å²) in [5, 5.41) is 11.8. The fourth-order valence-corrected chi connectivity index (χ4v) is 2.61. The van der Waals surface area contributed by atoms with Crippen LogP contribution in [-0.2, 0) is 0 Å². The van der Waals surface area contributed by atoms with Gasteiger partial charge in [0.2, 0.25) is 5.13 Å². The number of aryl methyl sites for hydroxylation is 1. The summed E-state index contributed by atoms with van der Waals surface area (Å²) >= 11 is 1.36. The largest absolute Gasteiger partial charge is 0.327 e. The molecule has 2 unspecified atom stereocenters. The summed E-state index contributed by atoms with van der Waals surface area (Å²) < 4.78 is 0. The minimum absolute atomic E-state index is 0. The van der Waals surface area contributed by atoms with Crippen LogP contribution in [0, 0.1) is 6.92 Å². The Kier molecular flexibility index (Phi) is 6.10. The molecule has 1 saturated carbocycles. The van der Waals surface area contributed by atoms with Crippen LogP contribution in [0.2, 0.25) is 0 Å². The van der Waals surface area contributed by atoms with Crippen LogP contribution in [0.25, 0.3) is 0 Å². The van der Waals surface area contributed by atoms with Gasteiger partial charge in [-0.3, -0.25) is 10.1 Å². The number of nitrogens with one attached hydrogen (secondary N) is 1. The zero-order valence-electron chi connectivity index (χ0n) is 11.3. The predicted molar refractivity (Wildman–Crippen MR) is 88.9 cm³/mol. The number of amides is 1. The van der Waals surface area contributed by atoms with Gasteiger partial charge >= 0.3 is 0 Å². The number of aromatic nitrogens is 2. The number of halogens is 2. The van der Waals surface area contributed by atoms with E-state index in [-0.39, 0.29) is 36.8 Å². The van der Waals surface area contributed by atoms with Crippen molar-refractivity contribution in [3.8, 4) is 0 Å². The van der Waals surface area contributed by atoms with Gasteiger partial charge in [-0.05, 0) is 31.0 Å². The smallest absolute Gasteiger partial charge is 0.257 e. The van der Waals surface area contributed by atoms with E-state index in [9.17, 15) is 4.79 Å². The molecule has 1 aliphatic carbocycles. The molecule has 2 atom stereocenters. The van der Waals surface area contributed by atoms with Crippen molar-refractivity contribution in [2.24, 2.45) is 5.73 Å². The highest BCUT2D eigenvalue weighted by molar-refractivity contribution is 7.15. The highest BCUT2D eigenvalue weighted by Gasteiger charge is 2.34. The predicted octanol–water partition coefficient (Wildman–Crippen LogP) is 2.76. The monoisotopic (exact) mass is 346 g/mol. The number of hydrogen-bond donors (Lipinski definition) is 2. The molecular formula is C13H16Cl2N4OS. The Morgan fingerprint density at radius 3 is 2.67 bits per heavy atom. The maximum absolute atomic E-state index is 12.1. The van der Waals surface area contributed by atoms with Crippen LogP contribution in [0.3, 0.4) is 0 Å². The second-order valence-corrected chi connectivity index (χ2v) is 5.89. The van der Waals surface area contributed by atoms with Gasteiger partial charge in [0.25, 0.3) is 5.91 Å². The molecule has 1 aromatic carbocycles. The third kappa shape index (κ3) is 4.14. The normalized spacial score (nSPS) is 19.1. The minimum Gasteiger partial charge on any atom is -0.327 e. The van der Waals surface area contributed by atoms with Gasteiger partial charge in [0.05, 0.1) is 0 Å². The second kappa shape index (κ2) is 7.17. The Morgan fingerprint density at radius 1 is 1.38 bits per heavy atom. The first-order chi connectivity index (χ1) is 9.13. The summed E-state index contributed by atoms with van der Waals surface area (Å²) in [5.74, 6) is 0.240. The number of nitrogens with two attached hydrogens (primary N) is 1. The lowest BCUT2D eigenvalue weighted by Gasteiger charge is -2.04. The van der Waals surface area contributed by atoms with Crippen molar-refractivity contribution in [1.82, 2.24) is 10.2 Å². The first-order valence-corrected chi connectivity index (χ1v) is 6.92. The standard InChI is InChI=1S/C13H14N4OS.2ClH/c1-7-16-17-13(19-7)15-12(18)9-4-2-3-8(5-9)10-6-11(10)14;;/h2-5,10-11H,6,14H2,1H3,(H,15,17,18);2*1H. The van der Waals surface area contributed by atoms with E-state index >= 15 is 0 Å². The summed E-state index contributed by atoms with van der Waals surface area (Å²) in [6, 6.07) is 7.84. The van der Waals surface area contributed by atoms with Gasteiger partial charge in [-0.15, -0.1) is 35.0 Å². The fourth-order valence-electron chi connectivity index (χ4n) is 2.02. The molecule has 0 bridgehead atoms. The number of carbonyl (C=O) groups excluding carboxylic acids is 1. The van der Waals surface area contributed by atoms with Crippen molar-refractivity contribution >= 4 is 47.2 Å². The van der Waals surface area contributed by atoms with Crippen molar-refractivity contribution in [1.29, 1.82) is 0 Å². The van der Waals surface area contributed by atoms with Gasteiger partial charge in [0.15, 0.2) is 0 Å². The summed E-state index contributed by atoms with van der Waals surface area (Å²) in [5.41, 5.74) is 7.60. The van der Waals surface area contributed by atoms with E-state index in [0.29, 0.717) is 16.6 Å². The second-order valence-electron chi connectivity index (χ2n) is 4.71. The maximum atomic E-state index is 12.1. The molecule has 0 radical (unpaired) electrons. The number of anilines is 1. The van der Waals surface area contributed by atoms with E-state index < -0.39 is 0 Å². The molecule has 0 spiro atoms. The van der Waals surface area contributed by atoms with Gasteiger partial charge < -0.3 is 5.73 Å². The molecule has 3 rings (SSSR count). The molecule has 0 aliphatic heterocycles. The number of carbonyl (C=O) groups is 1. The lowest BCUT2D eigenvalue weighted by Crippen LogP contribution is -2.12. The summed E-state index contributed by atoms with van der Waals surface area (Å²) in [4.78, 5) is 12.1. The number of nitrogens with zero attached hydrogens (tertiary/aromatic N) is 2. The zero-order chi connectivity index (χ0) is 13.4. The number of rotatable bonds is 3. The van der Waals surface area contributed by atoms with Crippen molar-refractivity contribution in [2.75, 3.05) is 5.32 Å². The number of hydrogen-bond acceptors (Lipinski definition) is 5. The Morgan fingerprint density at radius 2 is 2.10 bits per heavy atom. The first-order valence-electron chi connectivity index (χ1n) is 6.10. The van der Waals surface area contributed by atoms with E-state index in [1.807, 2.05) is 25.1 Å². The van der Waals surface area contributed by atoms with Crippen LogP contribution in [0.1, 0.15) is 33.3 Å². The molecule has 0 saturated heterocycles. The van der Waals surface area contributed by atoms with Crippen molar-refractivity contribution in [2.45, 2.75) is 25.3 Å². The van der Waals surface area contributed by atoms with Crippen molar-refractivity contribution in [3.05, 3.63) is 40.4 Å². The molecule has 21 heavy (non-hydrogen) atoms. The van der Waals surface area contributed by atoms with Gasteiger partial charge in [-0.2, -0.15) is 0 Å². The van der Waals surface area contributed by atoms with Gasteiger partial charge in [-0.1, -0.05) is 23.5 Å². The molecule has 1 aromatic heterocycles. The van der Waals surface area contributed by atoms with E-state index in [4.69, 9.17) is 5.73 Å². The molecule has 8 heteroatoms. The molecule has 1 aliphatic rings. The average molecular weight is 347 g/mol. The van der Waals surface area contributed by atoms with Gasteiger partial charge in [0, 0.05) is 17.5 Å². The maximum Gasteiger partial charge on any atom is 0.257 e. The quantitative estimate of drug-likeness (QED) is 0.895. The Labute approximate surface area is 139 Å². The third-order valence-corrected chi connectivity index (χ3v) is 3.92. The minimum atomic E-state index is -0.160.